The SMILES string of the molecule is Cl.O=C(NCc1ccccc1)c1ccc(-n2[nH]cc(-c3cccnc3)c2=O)nc1. The Hall–Kier alpha value is -3.71. The normalized spacial score (nSPS) is 10.2. The van der Waals surface area contributed by atoms with E-state index in [0.717, 1.165) is 11.1 Å². The monoisotopic (exact) mass is 407 g/mol. The van der Waals surface area contributed by atoms with E-state index in [1.807, 2.05) is 36.4 Å². The maximum Gasteiger partial charge on any atom is 0.280 e. The van der Waals surface area contributed by atoms with Crippen LogP contribution in [-0.4, -0.2) is 25.7 Å². The molecule has 29 heavy (non-hydrogen) atoms. The first-order valence-electron chi connectivity index (χ1n) is 8.72. The van der Waals surface area contributed by atoms with Crippen LogP contribution in [0.25, 0.3) is 16.9 Å². The molecule has 1 amide bonds. The van der Waals surface area contributed by atoms with Gasteiger partial charge in [-0.15, -0.1) is 12.4 Å². The van der Waals surface area contributed by atoms with Gasteiger partial charge in [-0.3, -0.25) is 19.7 Å². The Balaban J connectivity index is 0.00000240. The third-order valence-electron chi connectivity index (χ3n) is 4.28. The summed E-state index contributed by atoms with van der Waals surface area (Å²) in [7, 11) is 0. The van der Waals surface area contributed by atoms with E-state index in [-0.39, 0.29) is 23.9 Å². The van der Waals surface area contributed by atoms with Crippen molar-refractivity contribution in [3.63, 3.8) is 0 Å². The Kier molecular flexibility index (Phi) is 6.21. The van der Waals surface area contributed by atoms with Gasteiger partial charge in [0.15, 0.2) is 5.82 Å². The fourth-order valence-electron chi connectivity index (χ4n) is 2.80. The largest absolute Gasteiger partial charge is 0.348 e. The highest BCUT2D eigenvalue weighted by Crippen LogP contribution is 2.13. The number of hydrogen-bond acceptors (Lipinski definition) is 4. The van der Waals surface area contributed by atoms with Crippen molar-refractivity contribution < 1.29 is 4.79 Å². The Labute approximate surface area is 172 Å². The van der Waals surface area contributed by atoms with Crippen LogP contribution in [-0.2, 0) is 6.54 Å². The average Bonchev–Trinajstić information content (AvgIpc) is 3.15. The topological polar surface area (TPSA) is 92.7 Å². The Bertz CT molecular complexity index is 1140. The summed E-state index contributed by atoms with van der Waals surface area (Å²) in [5.41, 5.74) is 2.42. The first-order chi connectivity index (χ1) is 13.7. The van der Waals surface area contributed by atoms with Crippen molar-refractivity contribution in [1.82, 2.24) is 25.1 Å². The molecule has 4 rings (SSSR count). The molecule has 2 N–H and O–H groups in total. The van der Waals surface area contributed by atoms with Crippen molar-refractivity contribution in [2.45, 2.75) is 6.54 Å². The van der Waals surface area contributed by atoms with Crippen molar-refractivity contribution in [2.24, 2.45) is 0 Å². The van der Waals surface area contributed by atoms with Crippen LogP contribution >= 0.6 is 12.4 Å². The second-order valence-electron chi connectivity index (χ2n) is 6.14. The minimum absolute atomic E-state index is 0. The predicted octanol–water partition coefficient (Wildman–Crippen LogP) is 2.97. The number of aromatic amines is 1. The quantitative estimate of drug-likeness (QED) is 0.532. The third kappa shape index (κ3) is 4.41. The summed E-state index contributed by atoms with van der Waals surface area (Å²) >= 11 is 0. The van der Waals surface area contributed by atoms with Gasteiger partial charge in [0, 0.05) is 36.9 Å². The number of H-pyrrole nitrogens is 1. The highest BCUT2D eigenvalue weighted by molar-refractivity contribution is 5.93. The van der Waals surface area contributed by atoms with Crippen LogP contribution < -0.4 is 10.9 Å². The molecule has 0 aliphatic heterocycles. The van der Waals surface area contributed by atoms with Crippen LogP contribution in [0.3, 0.4) is 0 Å². The summed E-state index contributed by atoms with van der Waals surface area (Å²) < 4.78 is 1.33. The number of amides is 1. The number of nitrogens with zero attached hydrogens (tertiary/aromatic N) is 3. The molecule has 3 aromatic heterocycles. The van der Waals surface area contributed by atoms with Gasteiger partial charge in [-0.2, -0.15) is 0 Å². The molecule has 0 aliphatic carbocycles. The molecule has 146 valence electrons. The number of rotatable bonds is 5. The standard InChI is InChI=1S/C21H17N5O2.ClH/c27-20(24-11-15-5-2-1-3-6-15)17-8-9-19(23-13-17)26-21(28)18(14-25-26)16-7-4-10-22-12-16;/h1-10,12-14,25H,11H2,(H,24,27);1H. The molecule has 0 fully saturated rings. The fraction of sp³-hybridized carbons (Fsp3) is 0.0476. The molecule has 0 unspecified atom stereocenters. The van der Waals surface area contributed by atoms with Gasteiger partial charge >= 0.3 is 0 Å². The van der Waals surface area contributed by atoms with Crippen molar-refractivity contribution >= 4 is 18.3 Å². The molecule has 0 atom stereocenters. The summed E-state index contributed by atoms with van der Waals surface area (Å²) in [6.07, 6.45) is 6.34. The van der Waals surface area contributed by atoms with E-state index in [0.29, 0.717) is 23.5 Å². The molecule has 0 saturated heterocycles. The first-order valence-corrected chi connectivity index (χ1v) is 8.72. The number of aromatic nitrogens is 4. The second-order valence-corrected chi connectivity index (χ2v) is 6.14. The summed E-state index contributed by atoms with van der Waals surface area (Å²) in [5.74, 6) is 0.178. The number of carbonyl (C=O) groups is 1. The van der Waals surface area contributed by atoms with Gasteiger partial charge in [0.25, 0.3) is 11.5 Å². The van der Waals surface area contributed by atoms with Crippen molar-refractivity contribution in [3.8, 4) is 16.9 Å². The summed E-state index contributed by atoms with van der Waals surface area (Å²) in [5, 5.41) is 5.75. The first kappa shape index (κ1) is 20.0. The molecule has 8 heteroatoms. The fourth-order valence-corrected chi connectivity index (χ4v) is 2.80. The van der Waals surface area contributed by atoms with Gasteiger partial charge in [-0.05, 0) is 23.8 Å². The second kappa shape index (κ2) is 8.99. The number of halogens is 1. The van der Waals surface area contributed by atoms with E-state index in [4.69, 9.17) is 0 Å². The lowest BCUT2D eigenvalue weighted by Gasteiger charge is -2.06. The smallest absolute Gasteiger partial charge is 0.280 e. The zero-order chi connectivity index (χ0) is 19.3. The van der Waals surface area contributed by atoms with Crippen LogP contribution in [0.2, 0.25) is 0 Å². The molecular formula is C21H18ClN5O2. The third-order valence-corrected chi connectivity index (χ3v) is 4.28. The molecule has 0 radical (unpaired) electrons. The minimum atomic E-state index is -0.234. The molecule has 0 bridgehead atoms. The molecule has 0 spiro atoms. The number of benzene rings is 1. The highest BCUT2D eigenvalue weighted by atomic mass is 35.5. The van der Waals surface area contributed by atoms with Gasteiger partial charge in [-0.1, -0.05) is 36.4 Å². The van der Waals surface area contributed by atoms with Gasteiger partial charge in [0.2, 0.25) is 0 Å². The Morgan fingerprint density at radius 2 is 1.86 bits per heavy atom. The highest BCUT2D eigenvalue weighted by Gasteiger charge is 2.12. The lowest BCUT2D eigenvalue weighted by atomic mass is 10.2. The van der Waals surface area contributed by atoms with E-state index in [1.165, 1.54) is 10.9 Å². The van der Waals surface area contributed by atoms with Gasteiger partial charge < -0.3 is 5.32 Å². The lowest BCUT2D eigenvalue weighted by Crippen LogP contribution is -2.23. The van der Waals surface area contributed by atoms with E-state index >= 15 is 0 Å². The number of hydrogen-bond donors (Lipinski definition) is 2. The predicted molar refractivity (Wildman–Crippen MR) is 112 cm³/mol. The number of nitrogens with one attached hydrogen (secondary N) is 2. The van der Waals surface area contributed by atoms with Crippen molar-refractivity contribution in [3.05, 3.63) is 101 Å². The Morgan fingerprint density at radius 3 is 2.55 bits per heavy atom. The average molecular weight is 408 g/mol. The zero-order valence-corrected chi connectivity index (χ0v) is 16.1. The maximum atomic E-state index is 12.6. The molecule has 0 aliphatic rings. The molecule has 4 aromatic rings. The molecular weight excluding hydrogens is 390 g/mol. The molecule has 1 aromatic carbocycles. The maximum absolute atomic E-state index is 12.6. The van der Waals surface area contributed by atoms with E-state index in [9.17, 15) is 9.59 Å². The van der Waals surface area contributed by atoms with Crippen LogP contribution in [0.15, 0.2) is 84.2 Å². The summed E-state index contributed by atoms with van der Waals surface area (Å²) in [4.78, 5) is 33.2. The van der Waals surface area contributed by atoms with Gasteiger partial charge in [-0.25, -0.2) is 9.67 Å². The van der Waals surface area contributed by atoms with Gasteiger partial charge in [0.1, 0.15) is 0 Å². The summed E-state index contributed by atoms with van der Waals surface area (Å²) in [6.45, 7) is 0.436. The van der Waals surface area contributed by atoms with Gasteiger partial charge in [0.05, 0.1) is 11.1 Å². The van der Waals surface area contributed by atoms with E-state index < -0.39 is 0 Å². The number of carbonyl (C=O) groups excluding carboxylic acids is 1. The number of pyridine rings is 2. The van der Waals surface area contributed by atoms with Crippen LogP contribution in [0.1, 0.15) is 15.9 Å². The lowest BCUT2D eigenvalue weighted by molar-refractivity contribution is 0.0950. The van der Waals surface area contributed by atoms with Crippen LogP contribution in [0.5, 0.6) is 0 Å². The zero-order valence-electron chi connectivity index (χ0n) is 15.3. The molecule has 7 nitrogen and oxygen atoms in total. The van der Waals surface area contributed by atoms with Crippen molar-refractivity contribution in [2.75, 3.05) is 0 Å². The molecule has 3 heterocycles. The van der Waals surface area contributed by atoms with Crippen LogP contribution in [0, 0.1) is 0 Å². The molecule has 0 saturated carbocycles. The van der Waals surface area contributed by atoms with E-state index in [2.05, 4.69) is 20.4 Å². The Morgan fingerprint density at radius 1 is 1.03 bits per heavy atom. The summed E-state index contributed by atoms with van der Waals surface area (Å²) in [6, 6.07) is 16.5. The van der Waals surface area contributed by atoms with Crippen LogP contribution in [0.4, 0.5) is 0 Å². The minimum Gasteiger partial charge on any atom is -0.348 e. The van der Waals surface area contributed by atoms with E-state index in [1.54, 1.807) is 36.8 Å². The van der Waals surface area contributed by atoms with Crippen molar-refractivity contribution in [1.29, 1.82) is 0 Å².